The van der Waals surface area contributed by atoms with Crippen LogP contribution in [0.5, 0.6) is 5.75 Å². The topological polar surface area (TPSA) is 84.7 Å². The monoisotopic (exact) mass is 359 g/mol. The standard InChI is InChI=1S/C16H20F3N3O3/c1-3-10(20)15(24)22-11-5-4-6-13(25-2)9(11)7-12(22)14(23)21-8-16(17,18)19/h4-6,10,12H,3,7-8,20H2,1-2H3,(H,21,23)/t10-,12-/m0/s1. The van der Waals surface area contributed by atoms with Gasteiger partial charge in [0.05, 0.1) is 18.8 Å². The first-order valence-electron chi connectivity index (χ1n) is 7.78. The molecular formula is C16H20F3N3O3. The second-order valence-electron chi connectivity index (χ2n) is 5.73. The number of anilines is 1. The maximum atomic E-state index is 12.6. The Hall–Kier alpha value is -2.29. The van der Waals surface area contributed by atoms with Crippen LogP contribution in [0.4, 0.5) is 18.9 Å². The molecule has 0 bridgehead atoms. The fourth-order valence-corrected chi connectivity index (χ4v) is 2.77. The van der Waals surface area contributed by atoms with Crippen LogP contribution in [0.1, 0.15) is 18.9 Å². The molecule has 0 saturated heterocycles. The lowest BCUT2D eigenvalue weighted by Crippen LogP contribution is -2.53. The van der Waals surface area contributed by atoms with Gasteiger partial charge in [-0.3, -0.25) is 14.5 Å². The molecule has 0 saturated carbocycles. The van der Waals surface area contributed by atoms with E-state index in [1.807, 2.05) is 5.32 Å². The highest BCUT2D eigenvalue weighted by atomic mass is 19.4. The minimum absolute atomic E-state index is 0.0607. The van der Waals surface area contributed by atoms with Crippen LogP contribution in [-0.2, 0) is 16.0 Å². The van der Waals surface area contributed by atoms with E-state index in [0.717, 1.165) is 0 Å². The van der Waals surface area contributed by atoms with Gasteiger partial charge in [-0.1, -0.05) is 13.0 Å². The largest absolute Gasteiger partial charge is 0.496 e. The number of halogens is 3. The summed E-state index contributed by atoms with van der Waals surface area (Å²) in [5.41, 5.74) is 6.82. The molecule has 1 aromatic carbocycles. The van der Waals surface area contributed by atoms with E-state index in [-0.39, 0.29) is 6.42 Å². The van der Waals surface area contributed by atoms with Crippen molar-refractivity contribution in [3.63, 3.8) is 0 Å². The minimum Gasteiger partial charge on any atom is -0.496 e. The summed E-state index contributed by atoms with van der Waals surface area (Å²) in [7, 11) is 1.44. The van der Waals surface area contributed by atoms with Crippen molar-refractivity contribution >= 4 is 17.5 Å². The third-order valence-electron chi connectivity index (χ3n) is 4.06. The Kier molecular flexibility index (Phi) is 5.56. The Morgan fingerprint density at radius 2 is 2.12 bits per heavy atom. The third kappa shape index (κ3) is 4.04. The number of ether oxygens (including phenoxy) is 1. The Bertz CT molecular complexity index is 664. The molecule has 25 heavy (non-hydrogen) atoms. The van der Waals surface area contributed by atoms with Crippen molar-refractivity contribution in [2.45, 2.75) is 38.0 Å². The smallest absolute Gasteiger partial charge is 0.405 e. The van der Waals surface area contributed by atoms with E-state index >= 15 is 0 Å². The average Bonchev–Trinajstić information content (AvgIpc) is 2.96. The van der Waals surface area contributed by atoms with Crippen molar-refractivity contribution in [2.24, 2.45) is 5.73 Å². The molecule has 3 N–H and O–H groups in total. The van der Waals surface area contributed by atoms with E-state index < -0.39 is 36.6 Å². The first-order valence-corrected chi connectivity index (χ1v) is 7.78. The Morgan fingerprint density at radius 3 is 2.68 bits per heavy atom. The molecule has 0 spiro atoms. The number of carbonyl (C=O) groups excluding carboxylic acids is 2. The van der Waals surface area contributed by atoms with E-state index in [2.05, 4.69) is 0 Å². The molecule has 0 aliphatic carbocycles. The molecular weight excluding hydrogens is 339 g/mol. The predicted octanol–water partition coefficient (Wildman–Crippen LogP) is 1.37. The normalized spacial score (nSPS) is 17.8. The van der Waals surface area contributed by atoms with E-state index in [9.17, 15) is 22.8 Å². The van der Waals surface area contributed by atoms with Crippen molar-refractivity contribution in [3.05, 3.63) is 23.8 Å². The number of carbonyl (C=O) groups is 2. The first kappa shape index (κ1) is 19.0. The van der Waals surface area contributed by atoms with Gasteiger partial charge in [-0.2, -0.15) is 13.2 Å². The van der Waals surface area contributed by atoms with Crippen LogP contribution in [-0.4, -0.2) is 43.7 Å². The fourth-order valence-electron chi connectivity index (χ4n) is 2.77. The number of methoxy groups -OCH3 is 1. The molecule has 0 unspecified atom stereocenters. The van der Waals surface area contributed by atoms with Gasteiger partial charge in [0.15, 0.2) is 0 Å². The predicted molar refractivity (Wildman–Crippen MR) is 85.3 cm³/mol. The number of hydrogen-bond donors (Lipinski definition) is 2. The number of alkyl halides is 3. The van der Waals surface area contributed by atoms with Gasteiger partial charge < -0.3 is 15.8 Å². The quantitative estimate of drug-likeness (QED) is 0.832. The number of benzene rings is 1. The zero-order valence-corrected chi connectivity index (χ0v) is 13.9. The number of nitrogens with zero attached hydrogens (tertiary/aromatic N) is 1. The summed E-state index contributed by atoms with van der Waals surface area (Å²) in [5.74, 6) is -0.930. The number of rotatable bonds is 5. The van der Waals surface area contributed by atoms with Crippen LogP contribution < -0.4 is 20.7 Å². The van der Waals surface area contributed by atoms with Crippen LogP contribution in [0.15, 0.2) is 18.2 Å². The molecule has 138 valence electrons. The van der Waals surface area contributed by atoms with Crippen molar-refractivity contribution in [1.29, 1.82) is 0 Å². The number of hydrogen-bond acceptors (Lipinski definition) is 4. The van der Waals surface area contributed by atoms with E-state index in [1.165, 1.54) is 12.0 Å². The second kappa shape index (κ2) is 7.30. The number of nitrogens with two attached hydrogens (primary N) is 1. The summed E-state index contributed by atoms with van der Waals surface area (Å²) in [5, 5.41) is 1.84. The fraction of sp³-hybridized carbons (Fsp3) is 0.500. The van der Waals surface area contributed by atoms with Gasteiger partial charge in [-0.15, -0.1) is 0 Å². The second-order valence-corrected chi connectivity index (χ2v) is 5.73. The molecule has 1 aromatic rings. The van der Waals surface area contributed by atoms with Gasteiger partial charge in [0, 0.05) is 12.0 Å². The van der Waals surface area contributed by atoms with Gasteiger partial charge in [-0.25, -0.2) is 0 Å². The lowest BCUT2D eigenvalue weighted by Gasteiger charge is -2.27. The van der Waals surface area contributed by atoms with Crippen LogP contribution in [0, 0.1) is 0 Å². The van der Waals surface area contributed by atoms with Crippen molar-refractivity contribution in [3.8, 4) is 5.75 Å². The molecule has 0 radical (unpaired) electrons. The average molecular weight is 359 g/mol. The molecule has 0 aromatic heterocycles. The highest BCUT2D eigenvalue weighted by molar-refractivity contribution is 6.06. The Balaban J connectivity index is 2.35. The molecule has 0 fully saturated rings. The van der Waals surface area contributed by atoms with Crippen molar-refractivity contribution in [1.82, 2.24) is 5.32 Å². The minimum atomic E-state index is -4.53. The SMILES string of the molecule is CC[C@H](N)C(=O)N1c2cccc(OC)c2C[C@H]1C(=O)NCC(F)(F)F. The summed E-state index contributed by atoms with van der Waals surface area (Å²) >= 11 is 0. The number of fused-ring (bicyclic) bond motifs is 1. The van der Waals surface area contributed by atoms with E-state index in [0.29, 0.717) is 23.4 Å². The van der Waals surface area contributed by atoms with Crippen LogP contribution in [0.25, 0.3) is 0 Å². The zero-order chi connectivity index (χ0) is 18.8. The van der Waals surface area contributed by atoms with E-state index in [1.54, 1.807) is 25.1 Å². The lowest BCUT2D eigenvalue weighted by molar-refractivity contribution is -0.139. The van der Waals surface area contributed by atoms with Crippen molar-refractivity contribution in [2.75, 3.05) is 18.6 Å². The third-order valence-corrected chi connectivity index (χ3v) is 4.06. The van der Waals surface area contributed by atoms with Crippen LogP contribution >= 0.6 is 0 Å². The summed E-state index contributed by atoms with van der Waals surface area (Å²) in [4.78, 5) is 26.1. The van der Waals surface area contributed by atoms with Gasteiger partial charge >= 0.3 is 6.18 Å². The van der Waals surface area contributed by atoms with Gasteiger partial charge in [0.2, 0.25) is 11.8 Å². The summed E-state index contributed by atoms with van der Waals surface area (Å²) in [6, 6.07) is 2.98. The Labute approximate surface area is 143 Å². The molecule has 6 nitrogen and oxygen atoms in total. The highest BCUT2D eigenvalue weighted by Gasteiger charge is 2.42. The molecule has 1 heterocycles. The van der Waals surface area contributed by atoms with Gasteiger partial charge in [0.25, 0.3) is 0 Å². The molecule has 2 atom stereocenters. The molecule has 2 rings (SSSR count). The van der Waals surface area contributed by atoms with E-state index in [4.69, 9.17) is 10.5 Å². The van der Waals surface area contributed by atoms with Gasteiger partial charge in [-0.05, 0) is 18.6 Å². The molecule has 1 aliphatic rings. The maximum Gasteiger partial charge on any atom is 0.405 e. The van der Waals surface area contributed by atoms with Crippen LogP contribution in [0.2, 0.25) is 0 Å². The van der Waals surface area contributed by atoms with Crippen molar-refractivity contribution < 1.29 is 27.5 Å². The molecule has 2 amide bonds. The zero-order valence-electron chi connectivity index (χ0n) is 13.9. The first-order chi connectivity index (χ1) is 11.7. The Morgan fingerprint density at radius 1 is 1.44 bits per heavy atom. The molecule has 1 aliphatic heterocycles. The number of nitrogens with one attached hydrogen (secondary N) is 1. The number of amides is 2. The summed E-state index contributed by atoms with van der Waals surface area (Å²) in [6.07, 6.45) is -4.13. The summed E-state index contributed by atoms with van der Waals surface area (Å²) in [6.45, 7) is 0.252. The lowest BCUT2D eigenvalue weighted by atomic mass is 10.1. The summed E-state index contributed by atoms with van der Waals surface area (Å²) < 4.78 is 42.4. The molecule has 9 heteroatoms. The van der Waals surface area contributed by atoms with Gasteiger partial charge in [0.1, 0.15) is 18.3 Å². The highest BCUT2D eigenvalue weighted by Crippen LogP contribution is 2.38. The maximum absolute atomic E-state index is 12.6. The van der Waals surface area contributed by atoms with Crippen LogP contribution in [0.3, 0.4) is 0 Å².